The first-order chi connectivity index (χ1) is 4.50. The molecule has 0 aromatic carbocycles. The Hall–Kier alpha value is 1.25. The maximum atomic E-state index is 7.99. The van der Waals surface area contributed by atoms with Gasteiger partial charge in [0, 0.05) is 0 Å². The quantitative estimate of drug-likeness (QED) is 0.489. The molecule has 0 aliphatic rings. The van der Waals surface area contributed by atoms with Crippen LogP contribution in [0.15, 0.2) is 0 Å². The van der Waals surface area contributed by atoms with Gasteiger partial charge >= 0.3 is 21.7 Å². The minimum Gasteiger partial charge on any atom is -1.00 e. The van der Waals surface area contributed by atoms with E-state index in [1.165, 1.54) is 0 Å². The Balaban J connectivity index is -0.000000167. The first-order valence-electron chi connectivity index (χ1n) is 4.25. The van der Waals surface area contributed by atoms with Crippen LogP contribution >= 0.6 is 0 Å². The number of rotatable bonds is 1. The minimum absolute atomic E-state index is 0. The van der Waals surface area contributed by atoms with Crippen molar-refractivity contribution in [2.24, 2.45) is 10.8 Å². The summed E-state index contributed by atoms with van der Waals surface area (Å²) >= 11 is 0. The summed E-state index contributed by atoms with van der Waals surface area (Å²) < 4.78 is 0. The van der Waals surface area contributed by atoms with Gasteiger partial charge in [-0.1, -0.05) is 48.5 Å². The molecule has 0 atom stereocenters. The standard InChI is InChI=1S/C10H22N.2ClH.Ti/c1-8(2,3)9(4,5)10(6,7)11;;;/h11H,1-7H3;2*1H;/q-1;;;+3/p-2. The van der Waals surface area contributed by atoms with Crippen molar-refractivity contribution < 1.29 is 46.5 Å². The predicted octanol–water partition coefficient (Wildman–Crippen LogP) is -2.10. The number of halogens is 2. The van der Waals surface area contributed by atoms with Crippen molar-refractivity contribution in [1.29, 1.82) is 0 Å². The van der Waals surface area contributed by atoms with Crippen molar-refractivity contribution >= 4 is 0 Å². The molecule has 0 aromatic heterocycles. The van der Waals surface area contributed by atoms with E-state index in [9.17, 15) is 0 Å². The van der Waals surface area contributed by atoms with Gasteiger partial charge in [-0.15, -0.1) is 5.54 Å². The molecule has 0 aromatic rings. The van der Waals surface area contributed by atoms with Crippen LogP contribution in [0, 0.1) is 10.8 Å². The van der Waals surface area contributed by atoms with Crippen LogP contribution in [0.2, 0.25) is 0 Å². The maximum Gasteiger partial charge on any atom is 3.00 e. The van der Waals surface area contributed by atoms with E-state index >= 15 is 0 Å². The molecule has 1 radical (unpaired) electrons. The zero-order valence-corrected chi connectivity index (χ0v) is 13.3. The molecule has 0 saturated carbocycles. The molecule has 0 amide bonds. The molecule has 85 valence electrons. The van der Waals surface area contributed by atoms with Crippen molar-refractivity contribution in [3.63, 3.8) is 0 Å². The molecule has 0 bridgehead atoms. The molecule has 1 N–H and O–H groups in total. The summed E-state index contributed by atoms with van der Waals surface area (Å²) in [6, 6.07) is 0. The van der Waals surface area contributed by atoms with Crippen LogP contribution in [0.25, 0.3) is 5.73 Å². The Morgan fingerprint density at radius 3 is 0.929 bits per heavy atom. The molecular weight excluding hydrogens is 253 g/mol. The average molecular weight is 275 g/mol. The normalized spacial score (nSPS) is 12.0. The minimum atomic E-state index is -0.370. The number of hydrogen-bond donors (Lipinski definition) is 0. The van der Waals surface area contributed by atoms with Crippen LogP contribution in [-0.4, -0.2) is 5.54 Å². The molecule has 4 heteroatoms. The largest absolute Gasteiger partial charge is 3.00 e. The molecule has 14 heavy (non-hydrogen) atoms. The fourth-order valence-corrected chi connectivity index (χ4v) is 0.938. The van der Waals surface area contributed by atoms with E-state index in [1.54, 1.807) is 0 Å². The number of nitrogens with one attached hydrogen (secondary N) is 1. The first-order valence-corrected chi connectivity index (χ1v) is 4.25. The molecule has 0 heterocycles. The molecular formula is C10H22Cl2NTi. The van der Waals surface area contributed by atoms with Crippen molar-refractivity contribution in [2.45, 2.75) is 54.0 Å². The molecule has 0 rings (SSSR count). The van der Waals surface area contributed by atoms with Crippen molar-refractivity contribution in [2.75, 3.05) is 0 Å². The van der Waals surface area contributed by atoms with Crippen LogP contribution in [-0.2, 0) is 21.7 Å². The molecule has 0 aliphatic heterocycles. The maximum absolute atomic E-state index is 7.99. The van der Waals surface area contributed by atoms with E-state index in [2.05, 4.69) is 34.6 Å². The van der Waals surface area contributed by atoms with Crippen molar-refractivity contribution in [3.8, 4) is 0 Å². The third kappa shape index (κ3) is 5.37. The smallest absolute Gasteiger partial charge is 1.00 e. The molecule has 0 spiro atoms. The van der Waals surface area contributed by atoms with Crippen LogP contribution in [0.1, 0.15) is 48.5 Å². The van der Waals surface area contributed by atoms with Gasteiger partial charge in [-0.05, 0) is 10.8 Å². The third-order valence-corrected chi connectivity index (χ3v) is 3.44. The Kier molecular flexibility index (Phi) is 11.8. The Bertz CT molecular complexity index is 129. The molecule has 1 nitrogen and oxygen atoms in total. The van der Waals surface area contributed by atoms with Gasteiger partial charge < -0.3 is 30.5 Å². The summed E-state index contributed by atoms with van der Waals surface area (Å²) in [5.41, 5.74) is 7.85. The third-order valence-electron chi connectivity index (χ3n) is 3.44. The second-order valence-electron chi connectivity index (χ2n) is 5.50. The van der Waals surface area contributed by atoms with Crippen molar-refractivity contribution in [1.82, 2.24) is 0 Å². The van der Waals surface area contributed by atoms with Crippen LogP contribution in [0.3, 0.4) is 0 Å². The number of hydrogen-bond acceptors (Lipinski definition) is 0. The van der Waals surface area contributed by atoms with Gasteiger partial charge in [-0.25, -0.2) is 0 Å². The fourth-order valence-electron chi connectivity index (χ4n) is 0.938. The average Bonchev–Trinajstić information content (AvgIpc) is 1.58. The first kappa shape index (κ1) is 24.5. The topological polar surface area (TPSA) is 23.8 Å². The second-order valence-corrected chi connectivity index (χ2v) is 5.50. The molecule has 0 fully saturated rings. The van der Waals surface area contributed by atoms with E-state index in [4.69, 9.17) is 5.73 Å². The molecule has 0 saturated heterocycles. The second kappa shape index (κ2) is 6.75. The zero-order valence-electron chi connectivity index (χ0n) is 10.3. The van der Waals surface area contributed by atoms with Gasteiger partial charge in [0.15, 0.2) is 0 Å². The van der Waals surface area contributed by atoms with Gasteiger partial charge in [0.25, 0.3) is 0 Å². The van der Waals surface area contributed by atoms with E-state index in [-0.39, 0.29) is 62.9 Å². The summed E-state index contributed by atoms with van der Waals surface area (Å²) in [4.78, 5) is 0. The molecule has 0 unspecified atom stereocenters. The summed E-state index contributed by atoms with van der Waals surface area (Å²) in [5.74, 6) is 0. The van der Waals surface area contributed by atoms with E-state index in [1.807, 2.05) is 13.8 Å². The molecule has 0 aliphatic carbocycles. The Labute approximate surface area is 117 Å². The predicted molar refractivity (Wildman–Crippen MR) is 51.6 cm³/mol. The van der Waals surface area contributed by atoms with Gasteiger partial charge in [0.05, 0.1) is 0 Å². The van der Waals surface area contributed by atoms with Crippen LogP contribution in [0.4, 0.5) is 0 Å². The fraction of sp³-hybridized carbons (Fsp3) is 1.00. The summed E-state index contributed by atoms with van der Waals surface area (Å²) in [5, 5.41) is 0. The summed E-state index contributed by atoms with van der Waals surface area (Å²) in [6.07, 6.45) is 0. The monoisotopic (exact) mass is 274 g/mol. The van der Waals surface area contributed by atoms with Gasteiger partial charge in [-0.3, -0.25) is 0 Å². The van der Waals surface area contributed by atoms with E-state index in [0.717, 1.165) is 0 Å². The van der Waals surface area contributed by atoms with Crippen molar-refractivity contribution in [3.05, 3.63) is 5.73 Å². The zero-order chi connectivity index (χ0) is 9.50. The van der Waals surface area contributed by atoms with Gasteiger partial charge in [0.2, 0.25) is 0 Å². The van der Waals surface area contributed by atoms with Crippen LogP contribution in [0.5, 0.6) is 0 Å². The Morgan fingerprint density at radius 2 is 0.929 bits per heavy atom. The van der Waals surface area contributed by atoms with Gasteiger partial charge in [0.1, 0.15) is 0 Å². The summed E-state index contributed by atoms with van der Waals surface area (Å²) in [7, 11) is 0. The Morgan fingerprint density at radius 1 is 0.714 bits per heavy atom. The van der Waals surface area contributed by atoms with Gasteiger partial charge in [-0.2, -0.15) is 0 Å². The van der Waals surface area contributed by atoms with E-state index in [0.29, 0.717) is 0 Å². The SMILES string of the molecule is CC(C)(C)C(C)(C)C(C)(C)[NH-].[Cl-].[Cl-].[Ti+3]. The summed E-state index contributed by atoms with van der Waals surface area (Å²) in [6.45, 7) is 14.9. The van der Waals surface area contributed by atoms with Crippen LogP contribution < -0.4 is 24.8 Å². The van der Waals surface area contributed by atoms with E-state index < -0.39 is 0 Å².